The van der Waals surface area contributed by atoms with E-state index in [9.17, 15) is 17.6 Å². The predicted octanol–water partition coefficient (Wildman–Crippen LogP) is 5.01. The fourth-order valence-electron chi connectivity index (χ4n) is 3.89. The molecule has 1 aliphatic rings. The molecular weight excluding hydrogens is 370 g/mol. The smallest absolute Gasteiger partial charge is 0.159 e. The summed E-state index contributed by atoms with van der Waals surface area (Å²) in [4.78, 5) is 2.13. The van der Waals surface area contributed by atoms with Crippen LogP contribution in [0.25, 0.3) is 11.1 Å². The molecule has 0 saturated carbocycles. The van der Waals surface area contributed by atoms with E-state index in [2.05, 4.69) is 15.1 Å². The van der Waals surface area contributed by atoms with Gasteiger partial charge in [-0.2, -0.15) is 5.10 Å². The zero-order chi connectivity index (χ0) is 19.7. The first-order valence-electron chi connectivity index (χ1n) is 9.17. The topological polar surface area (TPSA) is 31.9 Å². The van der Waals surface area contributed by atoms with Gasteiger partial charge in [-0.15, -0.1) is 0 Å². The Kier molecular flexibility index (Phi) is 5.17. The van der Waals surface area contributed by atoms with Gasteiger partial charge in [-0.25, -0.2) is 17.6 Å². The molecule has 3 aromatic rings. The molecule has 28 heavy (non-hydrogen) atoms. The molecule has 0 unspecified atom stereocenters. The minimum Gasteiger partial charge on any atom is -0.298 e. The Labute approximate surface area is 160 Å². The summed E-state index contributed by atoms with van der Waals surface area (Å²) in [5.41, 5.74) is 1.72. The van der Waals surface area contributed by atoms with Gasteiger partial charge in [0.2, 0.25) is 0 Å². The van der Waals surface area contributed by atoms with Crippen molar-refractivity contribution in [2.75, 3.05) is 13.1 Å². The number of benzene rings is 2. The van der Waals surface area contributed by atoms with Crippen molar-refractivity contribution in [1.82, 2.24) is 15.1 Å². The van der Waals surface area contributed by atoms with Gasteiger partial charge >= 0.3 is 0 Å². The standard InChI is InChI=1S/C21H19F4N3/c22-16-7-6-13(9-19(16)25)11-28-8-2-3-14(12-28)21-15(10-26-27-21)20-17(23)4-1-5-18(20)24/h1,4-7,9-10,14H,2-3,8,11-12H2,(H,26,27)/t14-/m0/s1. The van der Waals surface area contributed by atoms with Crippen molar-refractivity contribution in [1.29, 1.82) is 0 Å². The summed E-state index contributed by atoms with van der Waals surface area (Å²) >= 11 is 0. The molecule has 2 aromatic carbocycles. The summed E-state index contributed by atoms with van der Waals surface area (Å²) in [5, 5.41) is 6.93. The van der Waals surface area contributed by atoms with E-state index < -0.39 is 23.3 Å². The number of hydrogen-bond donors (Lipinski definition) is 1. The SMILES string of the molecule is Fc1ccc(CN2CCC[C@H](c3[nH]ncc3-c3c(F)cccc3F)C2)cc1F. The van der Waals surface area contributed by atoms with Gasteiger partial charge in [-0.3, -0.25) is 10.00 Å². The normalized spacial score (nSPS) is 17.8. The largest absolute Gasteiger partial charge is 0.298 e. The zero-order valence-electron chi connectivity index (χ0n) is 15.1. The highest BCUT2D eigenvalue weighted by Gasteiger charge is 2.27. The fourth-order valence-corrected chi connectivity index (χ4v) is 3.89. The van der Waals surface area contributed by atoms with Crippen LogP contribution in [0.1, 0.15) is 30.0 Å². The van der Waals surface area contributed by atoms with Crippen LogP contribution in [-0.4, -0.2) is 28.2 Å². The van der Waals surface area contributed by atoms with Crippen LogP contribution in [0.2, 0.25) is 0 Å². The van der Waals surface area contributed by atoms with E-state index in [1.54, 1.807) is 6.07 Å². The lowest BCUT2D eigenvalue weighted by molar-refractivity contribution is 0.198. The maximum absolute atomic E-state index is 14.2. The van der Waals surface area contributed by atoms with Crippen LogP contribution in [0.5, 0.6) is 0 Å². The third-order valence-corrected chi connectivity index (χ3v) is 5.20. The highest BCUT2D eigenvalue weighted by atomic mass is 19.2. The average molecular weight is 389 g/mol. The third-order valence-electron chi connectivity index (χ3n) is 5.20. The van der Waals surface area contributed by atoms with Crippen molar-refractivity contribution < 1.29 is 17.6 Å². The van der Waals surface area contributed by atoms with E-state index in [1.807, 2.05) is 0 Å². The molecule has 1 aromatic heterocycles. The molecule has 0 aliphatic carbocycles. The number of likely N-dealkylation sites (tertiary alicyclic amines) is 1. The summed E-state index contributed by atoms with van der Waals surface area (Å²) in [7, 11) is 0. The van der Waals surface area contributed by atoms with Crippen molar-refractivity contribution in [2.45, 2.75) is 25.3 Å². The van der Waals surface area contributed by atoms with Gasteiger partial charge in [0.1, 0.15) is 11.6 Å². The Hall–Kier alpha value is -2.67. The molecule has 7 heteroatoms. The van der Waals surface area contributed by atoms with Crippen LogP contribution in [0.3, 0.4) is 0 Å². The zero-order valence-corrected chi connectivity index (χ0v) is 15.1. The van der Waals surface area contributed by atoms with E-state index >= 15 is 0 Å². The van der Waals surface area contributed by atoms with Crippen LogP contribution in [0.4, 0.5) is 17.6 Å². The van der Waals surface area contributed by atoms with Gasteiger partial charge in [0.05, 0.1) is 11.8 Å². The summed E-state index contributed by atoms with van der Waals surface area (Å²) in [6.45, 7) is 1.92. The monoisotopic (exact) mass is 389 g/mol. The number of halogens is 4. The molecule has 3 nitrogen and oxygen atoms in total. The second kappa shape index (κ2) is 7.75. The van der Waals surface area contributed by atoms with Gasteiger partial charge in [0.25, 0.3) is 0 Å². The lowest BCUT2D eigenvalue weighted by atomic mass is 9.90. The third kappa shape index (κ3) is 3.67. The summed E-state index contributed by atoms with van der Waals surface area (Å²) < 4.78 is 55.1. The number of nitrogens with zero attached hydrogens (tertiary/aromatic N) is 2. The number of aromatic nitrogens is 2. The number of aromatic amines is 1. The molecular formula is C21H19F4N3. The van der Waals surface area contributed by atoms with E-state index in [-0.39, 0.29) is 11.5 Å². The van der Waals surface area contributed by atoms with Gasteiger partial charge in [0, 0.05) is 30.3 Å². The van der Waals surface area contributed by atoms with Gasteiger partial charge in [0.15, 0.2) is 11.6 Å². The first-order chi connectivity index (χ1) is 13.5. The highest BCUT2D eigenvalue weighted by Crippen LogP contribution is 2.35. The molecule has 2 heterocycles. The molecule has 0 radical (unpaired) electrons. The molecule has 0 bridgehead atoms. The molecule has 1 N–H and O–H groups in total. The number of H-pyrrole nitrogens is 1. The Bertz CT molecular complexity index is 965. The van der Waals surface area contributed by atoms with E-state index in [1.165, 1.54) is 30.5 Å². The maximum atomic E-state index is 14.2. The maximum Gasteiger partial charge on any atom is 0.159 e. The Morgan fingerprint density at radius 2 is 1.79 bits per heavy atom. The van der Waals surface area contributed by atoms with E-state index in [0.717, 1.165) is 25.5 Å². The summed E-state index contributed by atoms with van der Waals surface area (Å²) in [6.07, 6.45) is 3.18. The molecule has 1 aliphatic heterocycles. The van der Waals surface area contributed by atoms with E-state index in [0.29, 0.717) is 29.9 Å². The Morgan fingerprint density at radius 1 is 1.00 bits per heavy atom. The second-order valence-corrected chi connectivity index (χ2v) is 7.12. The Balaban J connectivity index is 1.56. The molecule has 0 spiro atoms. The van der Waals surface area contributed by atoms with Crippen molar-refractivity contribution >= 4 is 0 Å². The fraction of sp³-hybridized carbons (Fsp3) is 0.286. The Morgan fingerprint density at radius 3 is 2.54 bits per heavy atom. The molecule has 4 rings (SSSR count). The number of nitrogens with one attached hydrogen (secondary N) is 1. The van der Waals surface area contributed by atoms with Gasteiger partial charge in [-0.1, -0.05) is 12.1 Å². The van der Waals surface area contributed by atoms with Crippen LogP contribution < -0.4 is 0 Å². The van der Waals surface area contributed by atoms with Crippen molar-refractivity contribution in [3.8, 4) is 11.1 Å². The predicted molar refractivity (Wildman–Crippen MR) is 97.5 cm³/mol. The lowest BCUT2D eigenvalue weighted by Crippen LogP contribution is -2.34. The molecule has 1 saturated heterocycles. The minimum absolute atomic E-state index is 0.00977. The second-order valence-electron chi connectivity index (χ2n) is 7.12. The van der Waals surface area contributed by atoms with Crippen LogP contribution in [0, 0.1) is 23.3 Å². The summed E-state index contributed by atoms with van der Waals surface area (Å²) in [5.74, 6) is -2.98. The van der Waals surface area contributed by atoms with Crippen LogP contribution in [-0.2, 0) is 6.54 Å². The number of piperidine rings is 1. The van der Waals surface area contributed by atoms with Gasteiger partial charge < -0.3 is 0 Å². The van der Waals surface area contributed by atoms with Crippen LogP contribution >= 0.6 is 0 Å². The molecule has 0 amide bonds. The first-order valence-corrected chi connectivity index (χ1v) is 9.17. The van der Waals surface area contributed by atoms with Crippen molar-refractivity contribution in [3.05, 3.63) is 77.1 Å². The van der Waals surface area contributed by atoms with Crippen molar-refractivity contribution in [3.63, 3.8) is 0 Å². The van der Waals surface area contributed by atoms with Gasteiger partial charge in [-0.05, 0) is 49.2 Å². The highest BCUT2D eigenvalue weighted by molar-refractivity contribution is 5.67. The van der Waals surface area contributed by atoms with Crippen LogP contribution in [0.15, 0.2) is 42.6 Å². The molecule has 1 atom stereocenters. The number of hydrogen-bond acceptors (Lipinski definition) is 2. The quantitative estimate of drug-likeness (QED) is 0.636. The van der Waals surface area contributed by atoms with Crippen molar-refractivity contribution in [2.24, 2.45) is 0 Å². The molecule has 146 valence electrons. The average Bonchev–Trinajstić information content (AvgIpc) is 3.14. The van der Waals surface area contributed by atoms with E-state index in [4.69, 9.17) is 0 Å². The molecule has 1 fully saturated rings. The first kappa shape index (κ1) is 18.7. The lowest BCUT2D eigenvalue weighted by Gasteiger charge is -2.32. The number of rotatable bonds is 4. The summed E-state index contributed by atoms with van der Waals surface area (Å²) in [6, 6.07) is 7.68. The minimum atomic E-state index is -0.866.